The number of hydrogen-bond acceptors (Lipinski definition) is 1. The average molecular weight is 257 g/mol. The zero-order valence-corrected chi connectivity index (χ0v) is 10.5. The fraction of sp³-hybridized carbons (Fsp3) is 0.462. The molecule has 1 fully saturated rings. The van der Waals surface area contributed by atoms with Crippen molar-refractivity contribution in [2.24, 2.45) is 5.92 Å². The fourth-order valence-electron chi connectivity index (χ4n) is 2.30. The van der Waals surface area contributed by atoms with Crippen LogP contribution in [-0.2, 0) is 0 Å². The molecule has 3 heteroatoms. The molecule has 16 heavy (non-hydrogen) atoms. The first-order valence-corrected chi connectivity index (χ1v) is 6.44. The number of ketones is 1. The van der Waals surface area contributed by atoms with Crippen LogP contribution in [-0.4, -0.2) is 5.78 Å². The Bertz CT molecular complexity index is 375. The molecule has 1 aromatic carbocycles. The van der Waals surface area contributed by atoms with Crippen LogP contribution in [0.4, 0.5) is 0 Å². The number of halogens is 2. The molecule has 1 aromatic rings. The van der Waals surface area contributed by atoms with Crippen LogP contribution in [0.5, 0.6) is 0 Å². The lowest BCUT2D eigenvalue weighted by Crippen LogP contribution is -2.18. The van der Waals surface area contributed by atoms with Crippen molar-refractivity contribution in [3.8, 4) is 0 Å². The number of carbonyl (C=O) groups excluding carboxylic acids is 1. The maximum absolute atomic E-state index is 12.3. The fourth-order valence-corrected chi connectivity index (χ4v) is 2.89. The van der Waals surface area contributed by atoms with E-state index < -0.39 is 0 Å². The third-order valence-corrected chi connectivity index (χ3v) is 3.82. The van der Waals surface area contributed by atoms with Crippen molar-refractivity contribution in [1.82, 2.24) is 0 Å². The summed E-state index contributed by atoms with van der Waals surface area (Å²) in [5.74, 6) is 0.237. The topological polar surface area (TPSA) is 17.1 Å². The number of benzene rings is 1. The molecule has 0 saturated heterocycles. The van der Waals surface area contributed by atoms with Crippen LogP contribution in [0.2, 0.25) is 10.0 Å². The van der Waals surface area contributed by atoms with Gasteiger partial charge in [-0.3, -0.25) is 4.79 Å². The Morgan fingerprint density at radius 2 is 1.62 bits per heavy atom. The minimum atomic E-state index is 0.117. The Balaban J connectivity index is 2.26. The van der Waals surface area contributed by atoms with E-state index in [1.165, 1.54) is 6.42 Å². The van der Waals surface area contributed by atoms with Gasteiger partial charge in [0, 0.05) is 5.92 Å². The van der Waals surface area contributed by atoms with Gasteiger partial charge in [-0.25, -0.2) is 0 Å². The van der Waals surface area contributed by atoms with Crippen molar-refractivity contribution in [3.05, 3.63) is 33.8 Å². The zero-order chi connectivity index (χ0) is 11.5. The summed E-state index contributed by atoms with van der Waals surface area (Å²) < 4.78 is 0. The molecular weight excluding hydrogens is 243 g/mol. The molecule has 2 rings (SSSR count). The van der Waals surface area contributed by atoms with Gasteiger partial charge in [-0.2, -0.15) is 0 Å². The van der Waals surface area contributed by atoms with Crippen molar-refractivity contribution in [3.63, 3.8) is 0 Å². The van der Waals surface area contributed by atoms with E-state index in [0.717, 1.165) is 25.7 Å². The van der Waals surface area contributed by atoms with Crippen LogP contribution in [0, 0.1) is 5.92 Å². The Hall–Kier alpha value is -0.530. The van der Waals surface area contributed by atoms with Crippen molar-refractivity contribution in [2.75, 3.05) is 0 Å². The average Bonchev–Trinajstić information content (AvgIpc) is 2.30. The van der Waals surface area contributed by atoms with E-state index in [9.17, 15) is 4.79 Å². The summed E-state index contributed by atoms with van der Waals surface area (Å²) >= 11 is 12.1. The Kier molecular flexibility index (Phi) is 3.88. The molecule has 0 heterocycles. The van der Waals surface area contributed by atoms with Crippen molar-refractivity contribution < 1.29 is 4.79 Å². The van der Waals surface area contributed by atoms with Gasteiger partial charge in [0.2, 0.25) is 0 Å². The minimum Gasteiger partial charge on any atom is -0.294 e. The summed E-state index contributed by atoms with van der Waals surface area (Å²) in [7, 11) is 0. The van der Waals surface area contributed by atoms with E-state index in [4.69, 9.17) is 23.2 Å². The van der Waals surface area contributed by atoms with Gasteiger partial charge in [-0.05, 0) is 25.0 Å². The Labute approximate surface area is 106 Å². The van der Waals surface area contributed by atoms with Crippen LogP contribution in [0.25, 0.3) is 0 Å². The molecule has 1 aliphatic carbocycles. The third-order valence-electron chi connectivity index (χ3n) is 3.19. The molecule has 1 saturated carbocycles. The minimum absolute atomic E-state index is 0.117. The van der Waals surface area contributed by atoms with Crippen LogP contribution in [0.15, 0.2) is 18.2 Å². The first-order chi connectivity index (χ1) is 7.70. The summed E-state index contributed by atoms with van der Waals surface area (Å²) in [6, 6.07) is 5.22. The van der Waals surface area contributed by atoms with Gasteiger partial charge in [-0.1, -0.05) is 48.5 Å². The first-order valence-electron chi connectivity index (χ1n) is 5.68. The predicted molar refractivity (Wildman–Crippen MR) is 67.4 cm³/mol. The number of carbonyl (C=O) groups is 1. The lowest BCUT2D eigenvalue weighted by atomic mass is 9.84. The maximum atomic E-state index is 12.3. The summed E-state index contributed by atoms with van der Waals surface area (Å²) in [6.07, 6.45) is 5.46. The van der Waals surface area contributed by atoms with Gasteiger partial charge in [0.1, 0.15) is 0 Å². The number of hydrogen-bond donors (Lipinski definition) is 0. The quantitative estimate of drug-likeness (QED) is 0.698. The normalized spacial score (nSPS) is 17.4. The molecule has 0 spiro atoms. The highest BCUT2D eigenvalue weighted by Gasteiger charge is 2.25. The molecule has 0 N–H and O–H groups in total. The van der Waals surface area contributed by atoms with Crippen molar-refractivity contribution >= 4 is 29.0 Å². The van der Waals surface area contributed by atoms with Crippen LogP contribution in [0.1, 0.15) is 42.5 Å². The molecule has 1 aliphatic rings. The molecule has 0 bridgehead atoms. The van der Waals surface area contributed by atoms with Gasteiger partial charge in [0.15, 0.2) is 5.78 Å². The summed E-state index contributed by atoms with van der Waals surface area (Å²) in [5, 5.41) is 0.950. The molecule has 1 nitrogen and oxygen atoms in total. The van der Waals surface area contributed by atoms with E-state index in [2.05, 4.69) is 0 Å². The van der Waals surface area contributed by atoms with Crippen LogP contribution < -0.4 is 0 Å². The second-order valence-electron chi connectivity index (χ2n) is 4.30. The highest BCUT2D eigenvalue weighted by atomic mass is 35.5. The monoisotopic (exact) mass is 256 g/mol. The first kappa shape index (κ1) is 11.9. The molecule has 0 atom stereocenters. The highest BCUT2D eigenvalue weighted by Crippen LogP contribution is 2.32. The van der Waals surface area contributed by atoms with E-state index in [-0.39, 0.29) is 11.7 Å². The molecule has 0 radical (unpaired) electrons. The summed E-state index contributed by atoms with van der Waals surface area (Å²) in [6.45, 7) is 0. The van der Waals surface area contributed by atoms with Crippen molar-refractivity contribution in [2.45, 2.75) is 32.1 Å². The van der Waals surface area contributed by atoms with E-state index >= 15 is 0 Å². The maximum Gasteiger partial charge on any atom is 0.168 e. The molecule has 0 amide bonds. The van der Waals surface area contributed by atoms with E-state index in [0.29, 0.717) is 15.6 Å². The molecule has 0 aromatic heterocycles. The SMILES string of the molecule is O=C(c1c(Cl)cccc1Cl)C1CCCCC1. The van der Waals surface area contributed by atoms with Gasteiger partial charge >= 0.3 is 0 Å². The summed E-state index contributed by atoms with van der Waals surface area (Å²) in [4.78, 5) is 12.3. The molecule has 0 unspecified atom stereocenters. The van der Waals surface area contributed by atoms with Crippen LogP contribution >= 0.6 is 23.2 Å². The number of Topliss-reactive ketones (excluding diaryl/α,β-unsaturated/α-hetero) is 1. The molecule has 0 aliphatic heterocycles. The zero-order valence-electron chi connectivity index (χ0n) is 9.01. The predicted octanol–water partition coefficient (Wildman–Crippen LogP) is 4.76. The number of rotatable bonds is 2. The van der Waals surface area contributed by atoms with E-state index in [1.807, 2.05) is 0 Å². The van der Waals surface area contributed by atoms with Gasteiger partial charge in [0.05, 0.1) is 15.6 Å². The third kappa shape index (κ3) is 2.41. The lowest BCUT2D eigenvalue weighted by molar-refractivity contribution is 0.0890. The Morgan fingerprint density at radius 3 is 2.19 bits per heavy atom. The molecular formula is C13H14Cl2O. The van der Waals surface area contributed by atoms with Gasteiger partial charge in [0.25, 0.3) is 0 Å². The second-order valence-corrected chi connectivity index (χ2v) is 5.11. The largest absolute Gasteiger partial charge is 0.294 e. The van der Waals surface area contributed by atoms with E-state index in [1.54, 1.807) is 18.2 Å². The van der Waals surface area contributed by atoms with Crippen LogP contribution in [0.3, 0.4) is 0 Å². The second kappa shape index (κ2) is 5.20. The van der Waals surface area contributed by atoms with Crippen molar-refractivity contribution in [1.29, 1.82) is 0 Å². The van der Waals surface area contributed by atoms with Gasteiger partial charge in [-0.15, -0.1) is 0 Å². The highest BCUT2D eigenvalue weighted by molar-refractivity contribution is 6.39. The standard InChI is InChI=1S/C13H14Cl2O/c14-10-7-4-8-11(15)12(10)13(16)9-5-2-1-3-6-9/h4,7-9H,1-3,5-6H2. The smallest absolute Gasteiger partial charge is 0.168 e. The summed E-state index contributed by atoms with van der Waals surface area (Å²) in [5.41, 5.74) is 0.512. The van der Waals surface area contributed by atoms with Gasteiger partial charge < -0.3 is 0 Å². The Morgan fingerprint density at radius 1 is 1.06 bits per heavy atom. The molecule has 86 valence electrons. The lowest BCUT2D eigenvalue weighted by Gasteiger charge is -2.21.